The molecular formula is C19H24F3N3O2. The minimum absolute atomic E-state index is 0.0275. The van der Waals surface area contributed by atoms with Gasteiger partial charge in [0.2, 0.25) is 0 Å². The lowest BCUT2D eigenvalue weighted by atomic mass is 9.87. The molecule has 1 heterocycles. The number of nitrogens with zero attached hydrogens (tertiary/aromatic N) is 2. The zero-order chi connectivity index (χ0) is 20.4. The van der Waals surface area contributed by atoms with Crippen molar-refractivity contribution in [3.05, 3.63) is 47.3 Å². The van der Waals surface area contributed by atoms with Crippen molar-refractivity contribution >= 4 is 5.91 Å². The van der Waals surface area contributed by atoms with Crippen molar-refractivity contribution in [2.75, 3.05) is 6.61 Å². The molecular weight excluding hydrogens is 359 g/mol. The normalized spacial score (nSPS) is 13.3. The molecule has 2 aromatic rings. The summed E-state index contributed by atoms with van der Waals surface area (Å²) in [6.45, 7) is 8.10. The van der Waals surface area contributed by atoms with Gasteiger partial charge in [0.15, 0.2) is 5.69 Å². The lowest BCUT2D eigenvalue weighted by molar-refractivity contribution is -0.141. The van der Waals surface area contributed by atoms with Crippen LogP contribution in [0.4, 0.5) is 13.2 Å². The Morgan fingerprint density at radius 2 is 1.81 bits per heavy atom. The Morgan fingerprint density at radius 1 is 1.22 bits per heavy atom. The fourth-order valence-electron chi connectivity index (χ4n) is 2.48. The summed E-state index contributed by atoms with van der Waals surface area (Å²) in [4.78, 5) is 12.2. The number of alkyl halides is 3. The van der Waals surface area contributed by atoms with Crippen LogP contribution in [0.3, 0.4) is 0 Å². The first-order valence-corrected chi connectivity index (χ1v) is 8.53. The van der Waals surface area contributed by atoms with Gasteiger partial charge in [-0.3, -0.25) is 9.48 Å². The summed E-state index contributed by atoms with van der Waals surface area (Å²) in [7, 11) is 1.33. The number of amides is 1. The van der Waals surface area contributed by atoms with Crippen molar-refractivity contribution in [3.8, 4) is 5.75 Å². The Kier molecular flexibility index (Phi) is 5.87. The third-order valence-electron chi connectivity index (χ3n) is 3.94. The number of ether oxygens (including phenoxy) is 1. The molecule has 0 aliphatic heterocycles. The zero-order valence-corrected chi connectivity index (χ0v) is 16.0. The molecule has 5 nitrogen and oxygen atoms in total. The van der Waals surface area contributed by atoms with Gasteiger partial charge in [0, 0.05) is 13.2 Å². The summed E-state index contributed by atoms with van der Waals surface area (Å²) < 4.78 is 45.5. The van der Waals surface area contributed by atoms with Gasteiger partial charge in [-0.1, -0.05) is 32.9 Å². The lowest BCUT2D eigenvalue weighted by Crippen LogP contribution is -2.37. The van der Waals surface area contributed by atoms with Crippen LogP contribution in [-0.2, 0) is 18.6 Å². The summed E-state index contributed by atoms with van der Waals surface area (Å²) in [6, 6.07) is 7.10. The van der Waals surface area contributed by atoms with Crippen molar-refractivity contribution in [2.45, 2.75) is 45.3 Å². The molecule has 1 atom stereocenters. The molecule has 0 bridgehead atoms. The van der Waals surface area contributed by atoms with Gasteiger partial charge in [0.25, 0.3) is 5.91 Å². The number of halogens is 3. The van der Waals surface area contributed by atoms with E-state index in [1.54, 1.807) is 6.92 Å². The molecule has 0 saturated heterocycles. The molecule has 0 radical (unpaired) electrons. The number of hydrogen-bond donors (Lipinski definition) is 1. The summed E-state index contributed by atoms with van der Waals surface area (Å²) in [5.41, 5.74) is -0.521. The van der Waals surface area contributed by atoms with E-state index >= 15 is 0 Å². The van der Waals surface area contributed by atoms with Crippen LogP contribution in [0.2, 0.25) is 0 Å². The van der Waals surface area contributed by atoms with Gasteiger partial charge in [0.1, 0.15) is 12.4 Å². The standard InChI is InChI=1S/C19H24F3N3O2/c1-12(11-27-14-8-6-13(7-9-14)18(2,3)4)23-17(26)15-10-25(5)24-16(15)19(20,21)22/h6-10,12H,11H2,1-5H3,(H,23,26). The van der Waals surface area contributed by atoms with E-state index in [0.717, 1.165) is 16.4 Å². The molecule has 8 heteroatoms. The Bertz CT molecular complexity index is 790. The van der Waals surface area contributed by atoms with Crippen LogP contribution in [0, 0.1) is 0 Å². The van der Waals surface area contributed by atoms with Crippen LogP contribution < -0.4 is 10.1 Å². The quantitative estimate of drug-likeness (QED) is 0.851. The van der Waals surface area contributed by atoms with Gasteiger partial charge >= 0.3 is 6.18 Å². The second kappa shape index (κ2) is 7.62. The molecule has 0 aliphatic rings. The van der Waals surface area contributed by atoms with Gasteiger partial charge < -0.3 is 10.1 Å². The van der Waals surface area contributed by atoms with Crippen molar-refractivity contribution in [1.29, 1.82) is 0 Å². The van der Waals surface area contributed by atoms with Crippen LogP contribution >= 0.6 is 0 Å². The molecule has 1 aromatic heterocycles. The van der Waals surface area contributed by atoms with Gasteiger partial charge in [0.05, 0.1) is 11.6 Å². The monoisotopic (exact) mass is 383 g/mol. The average Bonchev–Trinajstić information content (AvgIpc) is 2.95. The highest BCUT2D eigenvalue weighted by Crippen LogP contribution is 2.30. The fourth-order valence-corrected chi connectivity index (χ4v) is 2.48. The number of aryl methyl sites for hydroxylation is 1. The molecule has 1 N–H and O–H groups in total. The Labute approximate surface area is 156 Å². The molecule has 0 fully saturated rings. The van der Waals surface area contributed by atoms with E-state index in [0.29, 0.717) is 5.75 Å². The first-order valence-electron chi connectivity index (χ1n) is 8.53. The van der Waals surface area contributed by atoms with Gasteiger partial charge in [-0.2, -0.15) is 18.3 Å². The summed E-state index contributed by atoms with van der Waals surface area (Å²) in [6.07, 6.45) is -3.64. The third kappa shape index (κ3) is 5.48. The number of nitrogens with one attached hydrogen (secondary N) is 1. The lowest BCUT2D eigenvalue weighted by Gasteiger charge is -2.20. The van der Waals surface area contributed by atoms with E-state index in [2.05, 4.69) is 31.2 Å². The first-order chi connectivity index (χ1) is 12.4. The number of hydrogen-bond acceptors (Lipinski definition) is 3. The van der Waals surface area contributed by atoms with Crippen molar-refractivity contribution in [2.24, 2.45) is 7.05 Å². The Hall–Kier alpha value is -2.51. The van der Waals surface area contributed by atoms with Crippen LogP contribution in [0.25, 0.3) is 0 Å². The summed E-state index contributed by atoms with van der Waals surface area (Å²) >= 11 is 0. The van der Waals surface area contributed by atoms with E-state index in [1.807, 2.05) is 24.3 Å². The fraction of sp³-hybridized carbons (Fsp3) is 0.474. The highest BCUT2D eigenvalue weighted by atomic mass is 19.4. The molecule has 1 aromatic carbocycles. The third-order valence-corrected chi connectivity index (χ3v) is 3.94. The molecule has 148 valence electrons. The first kappa shape index (κ1) is 20.8. The maximum absolute atomic E-state index is 13.0. The van der Waals surface area contributed by atoms with Crippen LogP contribution in [-0.4, -0.2) is 28.3 Å². The summed E-state index contributed by atoms with van der Waals surface area (Å²) in [5, 5.41) is 5.84. The van der Waals surface area contributed by atoms with Gasteiger partial charge in [-0.05, 0) is 30.0 Å². The number of carbonyl (C=O) groups excluding carboxylic acids is 1. The predicted octanol–water partition coefficient (Wildman–Crippen LogP) is 3.93. The largest absolute Gasteiger partial charge is 0.491 e. The molecule has 0 saturated carbocycles. The highest BCUT2D eigenvalue weighted by molar-refractivity contribution is 5.95. The molecule has 0 aliphatic carbocycles. The maximum Gasteiger partial charge on any atom is 0.435 e. The Morgan fingerprint density at radius 3 is 2.33 bits per heavy atom. The molecule has 1 unspecified atom stereocenters. The second-order valence-electron chi connectivity index (χ2n) is 7.52. The van der Waals surface area contributed by atoms with Crippen molar-refractivity contribution < 1.29 is 22.7 Å². The summed E-state index contributed by atoms with van der Waals surface area (Å²) in [5.74, 6) is -0.212. The predicted molar refractivity (Wildman–Crippen MR) is 95.8 cm³/mol. The molecule has 27 heavy (non-hydrogen) atoms. The zero-order valence-electron chi connectivity index (χ0n) is 16.0. The number of carbonyl (C=O) groups is 1. The molecule has 1 amide bonds. The minimum atomic E-state index is -4.69. The van der Waals surface area contributed by atoms with E-state index in [-0.39, 0.29) is 12.0 Å². The average molecular weight is 383 g/mol. The van der Waals surface area contributed by atoms with E-state index in [1.165, 1.54) is 7.05 Å². The van der Waals surface area contributed by atoms with Gasteiger partial charge in [-0.25, -0.2) is 0 Å². The highest BCUT2D eigenvalue weighted by Gasteiger charge is 2.39. The second-order valence-corrected chi connectivity index (χ2v) is 7.52. The van der Waals surface area contributed by atoms with Crippen molar-refractivity contribution in [1.82, 2.24) is 15.1 Å². The SMILES string of the molecule is CC(COc1ccc(C(C)(C)C)cc1)NC(=O)c1cn(C)nc1C(F)(F)F. The number of rotatable bonds is 5. The van der Waals surface area contributed by atoms with E-state index in [9.17, 15) is 18.0 Å². The topological polar surface area (TPSA) is 56.1 Å². The van der Waals surface area contributed by atoms with Crippen LogP contribution in [0.5, 0.6) is 5.75 Å². The minimum Gasteiger partial charge on any atom is -0.491 e. The van der Waals surface area contributed by atoms with Crippen molar-refractivity contribution in [3.63, 3.8) is 0 Å². The maximum atomic E-state index is 13.0. The van der Waals surface area contributed by atoms with Gasteiger partial charge in [-0.15, -0.1) is 0 Å². The van der Waals surface area contributed by atoms with E-state index < -0.39 is 29.4 Å². The van der Waals surface area contributed by atoms with Crippen LogP contribution in [0.1, 0.15) is 49.3 Å². The van der Waals surface area contributed by atoms with E-state index in [4.69, 9.17) is 4.74 Å². The number of benzene rings is 1. The smallest absolute Gasteiger partial charge is 0.435 e. The van der Waals surface area contributed by atoms with Crippen LogP contribution in [0.15, 0.2) is 30.5 Å². The molecule has 2 rings (SSSR count). The molecule has 0 spiro atoms. The Balaban J connectivity index is 1.96. The number of aromatic nitrogens is 2.